The first kappa shape index (κ1) is 11.9. The van der Waals surface area contributed by atoms with Crippen LogP contribution in [0.5, 0.6) is 0 Å². The Morgan fingerprint density at radius 1 is 1.71 bits per heavy atom. The Balaban J connectivity index is 2.25. The van der Waals surface area contributed by atoms with E-state index in [-0.39, 0.29) is 17.4 Å². The van der Waals surface area contributed by atoms with Gasteiger partial charge in [0.05, 0.1) is 12.4 Å². The number of aromatic amines is 1. The zero-order valence-corrected chi connectivity index (χ0v) is 9.98. The van der Waals surface area contributed by atoms with E-state index in [9.17, 15) is 4.79 Å². The van der Waals surface area contributed by atoms with Crippen molar-refractivity contribution in [2.45, 2.75) is 25.9 Å². The maximum atomic E-state index is 11.4. The summed E-state index contributed by atoms with van der Waals surface area (Å²) < 4.78 is 5.68. The summed E-state index contributed by atoms with van der Waals surface area (Å²) in [6, 6.07) is 0. The molecule has 3 N–H and O–H groups in total. The lowest BCUT2D eigenvalue weighted by Gasteiger charge is -2.24. The molecule has 1 aromatic rings. The van der Waals surface area contributed by atoms with Gasteiger partial charge in [0.15, 0.2) is 5.82 Å². The predicted octanol–water partition coefficient (Wildman–Crippen LogP) is 0.357. The molecule has 94 valence electrons. The van der Waals surface area contributed by atoms with E-state index in [1.165, 1.54) is 6.33 Å². The lowest BCUT2D eigenvalue weighted by atomic mass is 10.2. The van der Waals surface area contributed by atoms with Gasteiger partial charge in [0.25, 0.3) is 5.56 Å². The van der Waals surface area contributed by atoms with Crippen LogP contribution in [-0.2, 0) is 4.74 Å². The van der Waals surface area contributed by atoms with E-state index < -0.39 is 0 Å². The van der Waals surface area contributed by atoms with Crippen LogP contribution < -0.4 is 16.2 Å². The fourth-order valence-electron chi connectivity index (χ4n) is 1.99. The molecule has 0 saturated carbocycles. The molecule has 6 nitrogen and oxygen atoms in total. The van der Waals surface area contributed by atoms with Gasteiger partial charge in [0.2, 0.25) is 0 Å². The van der Waals surface area contributed by atoms with E-state index in [2.05, 4.69) is 16.9 Å². The van der Waals surface area contributed by atoms with Gasteiger partial charge in [-0.2, -0.15) is 0 Å². The van der Waals surface area contributed by atoms with Crippen molar-refractivity contribution in [1.29, 1.82) is 0 Å². The standard InChI is InChI=1S/C11H18N4O2/c1-2-8-6-15(4-3-5-17-8)10-9(12)11(16)14-7-13-10/h7-8H,2-6,12H2,1H3,(H,13,14,16). The number of ether oxygens (including phenoxy) is 1. The molecule has 2 heterocycles. The van der Waals surface area contributed by atoms with Gasteiger partial charge in [-0.25, -0.2) is 4.98 Å². The molecular formula is C11H18N4O2. The minimum absolute atomic E-state index is 0.179. The Hall–Kier alpha value is -1.56. The third kappa shape index (κ3) is 2.58. The Kier molecular flexibility index (Phi) is 3.63. The number of nitrogens with two attached hydrogens (primary N) is 1. The number of nitrogen functional groups attached to an aromatic ring is 1. The van der Waals surface area contributed by atoms with Gasteiger partial charge in [-0.1, -0.05) is 6.92 Å². The Morgan fingerprint density at radius 3 is 3.29 bits per heavy atom. The number of aromatic nitrogens is 2. The van der Waals surface area contributed by atoms with Crippen molar-refractivity contribution in [2.24, 2.45) is 0 Å². The summed E-state index contributed by atoms with van der Waals surface area (Å²) in [5, 5.41) is 0. The summed E-state index contributed by atoms with van der Waals surface area (Å²) in [5.74, 6) is 0.567. The third-order valence-corrected chi connectivity index (χ3v) is 2.97. The molecule has 0 bridgehead atoms. The van der Waals surface area contributed by atoms with E-state index >= 15 is 0 Å². The van der Waals surface area contributed by atoms with Crippen molar-refractivity contribution in [3.05, 3.63) is 16.7 Å². The highest BCUT2D eigenvalue weighted by atomic mass is 16.5. The molecule has 2 rings (SSSR count). The monoisotopic (exact) mass is 238 g/mol. The molecule has 0 radical (unpaired) electrons. The number of nitrogens with zero attached hydrogens (tertiary/aromatic N) is 2. The minimum Gasteiger partial charge on any atom is -0.391 e. The van der Waals surface area contributed by atoms with Gasteiger partial charge in [-0.15, -0.1) is 0 Å². The average Bonchev–Trinajstić information content (AvgIpc) is 2.58. The van der Waals surface area contributed by atoms with E-state index in [0.717, 1.165) is 32.5 Å². The van der Waals surface area contributed by atoms with Gasteiger partial charge >= 0.3 is 0 Å². The van der Waals surface area contributed by atoms with Crippen molar-refractivity contribution < 1.29 is 4.74 Å². The fraction of sp³-hybridized carbons (Fsp3) is 0.636. The van der Waals surface area contributed by atoms with Crippen LogP contribution in [0.4, 0.5) is 11.5 Å². The average molecular weight is 238 g/mol. The van der Waals surface area contributed by atoms with E-state index in [0.29, 0.717) is 5.82 Å². The fourth-order valence-corrected chi connectivity index (χ4v) is 1.99. The predicted molar refractivity (Wildman–Crippen MR) is 66.1 cm³/mol. The van der Waals surface area contributed by atoms with Gasteiger partial charge in [-0.3, -0.25) is 4.79 Å². The number of H-pyrrole nitrogens is 1. The van der Waals surface area contributed by atoms with Crippen LogP contribution in [0, 0.1) is 0 Å². The molecule has 17 heavy (non-hydrogen) atoms. The van der Waals surface area contributed by atoms with Gasteiger partial charge in [0.1, 0.15) is 5.69 Å². The summed E-state index contributed by atoms with van der Waals surface area (Å²) >= 11 is 0. The first-order valence-electron chi connectivity index (χ1n) is 5.92. The Bertz CT molecular complexity index is 432. The molecule has 1 saturated heterocycles. The highest BCUT2D eigenvalue weighted by Gasteiger charge is 2.20. The van der Waals surface area contributed by atoms with Crippen LogP contribution in [-0.4, -0.2) is 35.8 Å². The topological polar surface area (TPSA) is 84.2 Å². The van der Waals surface area contributed by atoms with E-state index in [1.54, 1.807) is 0 Å². The molecule has 0 amide bonds. The largest absolute Gasteiger partial charge is 0.391 e. The second-order valence-electron chi connectivity index (χ2n) is 4.17. The molecule has 6 heteroatoms. The van der Waals surface area contributed by atoms with Crippen LogP contribution in [0.2, 0.25) is 0 Å². The smallest absolute Gasteiger partial charge is 0.276 e. The van der Waals surface area contributed by atoms with Crippen LogP contribution >= 0.6 is 0 Å². The van der Waals surface area contributed by atoms with E-state index in [1.807, 2.05) is 4.90 Å². The first-order chi connectivity index (χ1) is 8.22. The van der Waals surface area contributed by atoms with Crippen LogP contribution in [0.3, 0.4) is 0 Å². The zero-order chi connectivity index (χ0) is 12.3. The maximum absolute atomic E-state index is 11.4. The summed E-state index contributed by atoms with van der Waals surface area (Å²) in [4.78, 5) is 20.1. The van der Waals surface area contributed by atoms with Crippen molar-refractivity contribution in [3.63, 3.8) is 0 Å². The molecular weight excluding hydrogens is 220 g/mol. The number of nitrogens with one attached hydrogen (secondary N) is 1. The van der Waals surface area contributed by atoms with Crippen LogP contribution in [0.15, 0.2) is 11.1 Å². The second kappa shape index (κ2) is 5.18. The van der Waals surface area contributed by atoms with Gasteiger partial charge < -0.3 is 20.4 Å². The molecule has 1 fully saturated rings. The number of hydrogen-bond donors (Lipinski definition) is 2. The lowest BCUT2D eigenvalue weighted by molar-refractivity contribution is 0.0664. The van der Waals surface area contributed by atoms with Gasteiger partial charge in [-0.05, 0) is 12.8 Å². The number of anilines is 2. The molecule has 0 aliphatic carbocycles. The third-order valence-electron chi connectivity index (χ3n) is 2.97. The van der Waals surface area contributed by atoms with Crippen molar-refractivity contribution in [3.8, 4) is 0 Å². The van der Waals surface area contributed by atoms with Crippen LogP contribution in [0.25, 0.3) is 0 Å². The van der Waals surface area contributed by atoms with E-state index in [4.69, 9.17) is 10.5 Å². The Morgan fingerprint density at radius 2 is 2.53 bits per heavy atom. The molecule has 1 aromatic heterocycles. The van der Waals surface area contributed by atoms with Gasteiger partial charge in [0, 0.05) is 19.7 Å². The van der Waals surface area contributed by atoms with Crippen molar-refractivity contribution in [1.82, 2.24) is 9.97 Å². The minimum atomic E-state index is -0.284. The summed E-state index contributed by atoms with van der Waals surface area (Å²) in [7, 11) is 0. The normalized spacial score (nSPS) is 21.2. The highest BCUT2D eigenvalue weighted by Crippen LogP contribution is 2.19. The lowest BCUT2D eigenvalue weighted by Crippen LogP contribution is -2.34. The molecule has 1 aliphatic heterocycles. The molecule has 1 aliphatic rings. The molecule has 1 atom stereocenters. The molecule has 1 unspecified atom stereocenters. The molecule has 0 aromatic carbocycles. The highest BCUT2D eigenvalue weighted by molar-refractivity contribution is 5.60. The zero-order valence-electron chi connectivity index (χ0n) is 9.98. The Labute approximate surface area is 99.8 Å². The summed E-state index contributed by atoms with van der Waals surface area (Å²) in [5.41, 5.74) is 5.66. The van der Waals surface area contributed by atoms with Crippen LogP contribution in [0.1, 0.15) is 19.8 Å². The second-order valence-corrected chi connectivity index (χ2v) is 4.17. The van der Waals surface area contributed by atoms with Crippen molar-refractivity contribution >= 4 is 11.5 Å². The first-order valence-corrected chi connectivity index (χ1v) is 5.92. The summed E-state index contributed by atoms with van der Waals surface area (Å²) in [6.45, 7) is 4.38. The number of rotatable bonds is 2. The maximum Gasteiger partial charge on any atom is 0.276 e. The van der Waals surface area contributed by atoms with Crippen molar-refractivity contribution in [2.75, 3.05) is 30.3 Å². The number of hydrogen-bond acceptors (Lipinski definition) is 5. The molecule has 0 spiro atoms. The SMILES string of the molecule is CCC1CN(c2nc[nH]c(=O)c2N)CCCO1. The summed E-state index contributed by atoms with van der Waals surface area (Å²) in [6.07, 6.45) is 3.43. The quantitative estimate of drug-likeness (QED) is 0.777.